The number of nitrogens with one attached hydrogen (secondary N) is 2. The molecule has 0 fully saturated rings. The molecule has 3 rings (SSSR count). The van der Waals surface area contributed by atoms with Crippen molar-refractivity contribution in [3.63, 3.8) is 0 Å². The summed E-state index contributed by atoms with van der Waals surface area (Å²) in [5.74, 6) is 0.159. The average Bonchev–Trinajstić information content (AvgIpc) is 2.89. The van der Waals surface area contributed by atoms with Gasteiger partial charge in [0.25, 0.3) is 5.91 Å². The molecule has 0 aliphatic heterocycles. The Kier molecular flexibility index (Phi) is 4.04. The van der Waals surface area contributed by atoms with Crippen LogP contribution in [-0.2, 0) is 0 Å². The number of benzene rings is 2. The normalized spacial score (nSPS) is 10.4. The number of nitrogens with zero attached hydrogens (tertiary/aromatic N) is 2. The molecule has 0 atom stereocenters. The summed E-state index contributed by atoms with van der Waals surface area (Å²) in [6.07, 6.45) is 0. The van der Waals surface area contributed by atoms with E-state index in [2.05, 4.69) is 15.6 Å². The third kappa shape index (κ3) is 2.79. The van der Waals surface area contributed by atoms with Gasteiger partial charge < -0.3 is 0 Å². The number of carbonyl (C=O) groups is 1. The standard InChI is InChI=1S/C15H11ClN4OS/c16-12-9-5-4-8-11(12)14(21)19-20-13(17-18-15(20)22)10-6-2-1-3-7-10/h1-9H,(H,18,22)(H,19,21). The third-order valence-corrected chi connectivity index (χ3v) is 3.64. The summed E-state index contributed by atoms with van der Waals surface area (Å²) in [5.41, 5.74) is 3.90. The van der Waals surface area contributed by atoms with E-state index in [9.17, 15) is 4.79 Å². The van der Waals surface area contributed by atoms with Crippen molar-refractivity contribution >= 4 is 29.7 Å². The number of halogens is 1. The predicted octanol–water partition coefficient (Wildman–Crippen LogP) is 3.64. The highest BCUT2D eigenvalue weighted by Crippen LogP contribution is 2.18. The molecule has 0 saturated carbocycles. The van der Waals surface area contributed by atoms with Crippen LogP contribution < -0.4 is 5.43 Å². The van der Waals surface area contributed by atoms with E-state index >= 15 is 0 Å². The van der Waals surface area contributed by atoms with E-state index in [4.69, 9.17) is 23.8 Å². The summed E-state index contributed by atoms with van der Waals surface area (Å²) in [4.78, 5) is 12.4. The zero-order valence-electron chi connectivity index (χ0n) is 11.3. The van der Waals surface area contributed by atoms with E-state index in [-0.39, 0.29) is 5.91 Å². The number of H-pyrrole nitrogens is 1. The number of aromatic nitrogens is 3. The fourth-order valence-electron chi connectivity index (χ4n) is 1.99. The molecule has 1 heterocycles. The van der Waals surface area contributed by atoms with Gasteiger partial charge in [0, 0.05) is 5.56 Å². The molecule has 22 heavy (non-hydrogen) atoms. The maximum Gasteiger partial charge on any atom is 0.271 e. The molecule has 0 aliphatic carbocycles. The Morgan fingerprint density at radius 2 is 1.82 bits per heavy atom. The molecule has 3 aromatic rings. The largest absolute Gasteiger partial charge is 0.271 e. The summed E-state index contributed by atoms with van der Waals surface area (Å²) < 4.78 is 1.72. The lowest BCUT2D eigenvalue weighted by molar-refractivity contribution is 0.101. The highest BCUT2D eigenvalue weighted by molar-refractivity contribution is 7.71. The molecule has 7 heteroatoms. The first-order valence-electron chi connectivity index (χ1n) is 6.45. The molecule has 2 aromatic carbocycles. The second kappa shape index (κ2) is 6.13. The monoisotopic (exact) mass is 330 g/mol. The van der Waals surface area contributed by atoms with E-state index < -0.39 is 0 Å². The van der Waals surface area contributed by atoms with Gasteiger partial charge in [-0.05, 0) is 24.4 Å². The van der Waals surface area contributed by atoms with E-state index in [1.54, 1.807) is 24.3 Å². The minimum Gasteiger partial charge on any atom is -0.267 e. The second-order valence-electron chi connectivity index (χ2n) is 4.47. The van der Waals surface area contributed by atoms with Gasteiger partial charge in [0.05, 0.1) is 10.6 Å². The van der Waals surface area contributed by atoms with Gasteiger partial charge in [0.1, 0.15) is 0 Å². The average molecular weight is 331 g/mol. The fourth-order valence-corrected chi connectivity index (χ4v) is 2.39. The summed E-state index contributed by atoms with van der Waals surface area (Å²) >= 11 is 11.2. The van der Waals surface area contributed by atoms with Gasteiger partial charge in [0.15, 0.2) is 5.82 Å². The van der Waals surface area contributed by atoms with Crippen LogP contribution in [-0.4, -0.2) is 20.8 Å². The van der Waals surface area contributed by atoms with Crippen LogP contribution in [0.15, 0.2) is 54.6 Å². The van der Waals surface area contributed by atoms with Crippen LogP contribution >= 0.6 is 23.8 Å². The molecular formula is C15H11ClN4OS. The summed E-state index contributed by atoms with van der Waals surface area (Å²) in [5, 5.41) is 7.20. The maximum absolute atomic E-state index is 12.4. The Labute approximate surface area is 136 Å². The molecule has 1 amide bonds. The van der Waals surface area contributed by atoms with Crippen LogP contribution in [0.4, 0.5) is 0 Å². The highest BCUT2D eigenvalue weighted by atomic mass is 35.5. The van der Waals surface area contributed by atoms with Crippen molar-refractivity contribution in [1.29, 1.82) is 0 Å². The van der Waals surface area contributed by atoms with Crippen molar-refractivity contribution in [3.05, 3.63) is 70.0 Å². The first-order valence-corrected chi connectivity index (χ1v) is 7.24. The van der Waals surface area contributed by atoms with Gasteiger partial charge >= 0.3 is 0 Å². The van der Waals surface area contributed by atoms with Gasteiger partial charge in [-0.2, -0.15) is 5.10 Å². The van der Waals surface area contributed by atoms with E-state index in [1.807, 2.05) is 30.3 Å². The number of rotatable bonds is 3. The summed E-state index contributed by atoms with van der Waals surface area (Å²) in [7, 11) is 0. The zero-order valence-corrected chi connectivity index (χ0v) is 12.9. The number of aromatic amines is 1. The molecule has 0 saturated heterocycles. The van der Waals surface area contributed by atoms with Crippen molar-refractivity contribution in [1.82, 2.24) is 14.9 Å². The van der Waals surface area contributed by atoms with Gasteiger partial charge in [0.2, 0.25) is 4.77 Å². The lowest BCUT2D eigenvalue weighted by atomic mass is 10.2. The van der Waals surface area contributed by atoms with Crippen molar-refractivity contribution in [3.8, 4) is 11.4 Å². The maximum atomic E-state index is 12.4. The molecule has 110 valence electrons. The molecule has 0 aliphatic rings. The molecule has 0 radical (unpaired) electrons. The van der Waals surface area contributed by atoms with Gasteiger partial charge in [-0.15, -0.1) is 0 Å². The molecule has 2 N–H and O–H groups in total. The number of hydrogen-bond acceptors (Lipinski definition) is 3. The lowest BCUT2D eigenvalue weighted by Gasteiger charge is -2.09. The Morgan fingerprint density at radius 1 is 1.14 bits per heavy atom. The first kappa shape index (κ1) is 14.5. The van der Waals surface area contributed by atoms with Crippen molar-refractivity contribution in [2.75, 3.05) is 5.43 Å². The summed E-state index contributed by atoms with van der Waals surface area (Å²) in [6.45, 7) is 0. The Bertz CT molecular complexity index is 873. The SMILES string of the molecule is O=C(Nn1c(-c2ccccc2)n[nH]c1=S)c1ccccc1Cl. The van der Waals surface area contributed by atoms with Crippen LogP contribution in [0.25, 0.3) is 11.4 Å². The van der Waals surface area contributed by atoms with Crippen LogP contribution in [0.2, 0.25) is 5.02 Å². The van der Waals surface area contributed by atoms with Gasteiger partial charge in [-0.3, -0.25) is 10.2 Å². The lowest BCUT2D eigenvalue weighted by Crippen LogP contribution is -2.24. The number of amides is 1. The summed E-state index contributed by atoms with van der Waals surface area (Å²) in [6, 6.07) is 16.2. The highest BCUT2D eigenvalue weighted by Gasteiger charge is 2.14. The topological polar surface area (TPSA) is 62.7 Å². The molecular weight excluding hydrogens is 320 g/mol. The van der Waals surface area contributed by atoms with Gasteiger partial charge in [-0.1, -0.05) is 54.1 Å². The molecule has 0 bridgehead atoms. The molecule has 0 spiro atoms. The van der Waals surface area contributed by atoms with Crippen LogP contribution in [0.3, 0.4) is 0 Å². The Balaban J connectivity index is 1.97. The molecule has 0 unspecified atom stereocenters. The Hall–Kier alpha value is -2.44. The predicted molar refractivity (Wildman–Crippen MR) is 88.0 cm³/mol. The number of hydrogen-bond donors (Lipinski definition) is 2. The fraction of sp³-hybridized carbons (Fsp3) is 0. The van der Waals surface area contributed by atoms with Crippen molar-refractivity contribution in [2.45, 2.75) is 0 Å². The smallest absolute Gasteiger partial charge is 0.267 e. The minimum absolute atomic E-state index is 0.291. The number of carbonyl (C=O) groups excluding carboxylic acids is 1. The third-order valence-electron chi connectivity index (χ3n) is 3.04. The molecule has 1 aromatic heterocycles. The van der Waals surface area contributed by atoms with Crippen LogP contribution in [0.1, 0.15) is 10.4 Å². The quantitative estimate of drug-likeness (QED) is 0.721. The first-order chi connectivity index (χ1) is 10.7. The van der Waals surface area contributed by atoms with Crippen molar-refractivity contribution < 1.29 is 4.79 Å². The van der Waals surface area contributed by atoms with E-state index in [0.29, 0.717) is 21.2 Å². The van der Waals surface area contributed by atoms with Crippen molar-refractivity contribution in [2.24, 2.45) is 0 Å². The van der Waals surface area contributed by atoms with E-state index in [0.717, 1.165) is 5.56 Å². The van der Waals surface area contributed by atoms with Gasteiger partial charge in [-0.25, -0.2) is 9.77 Å². The minimum atomic E-state index is -0.361. The zero-order chi connectivity index (χ0) is 15.5. The van der Waals surface area contributed by atoms with Crippen LogP contribution in [0.5, 0.6) is 0 Å². The molecule has 5 nitrogen and oxygen atoms in total. The van der Waals surface area contributed by atoms with E-state index in [1.165, 1.54) is 4.68 Å². The van der Waals surface area contributed by atoms with Crippen LogP contribution in [0, 0.1) is 4.77 Å². The Morgan fingerprint density at radius 3 is 2.55 bits per heavy atom. The second-order valence-corrected chi connectivity index (χ2v) is 5.27.